The normalized spacial score (nSPS) is 10.9. The summed E-state index contributed by atoms with van der Waals surface area (Å²) in [7, 11) is -1.76. The molecule has 2 N–H and O–H groups in total. The van der Waals surface area contributed by atoms with Crippen molar-refractivity contribution >= 4 is 16.1 Å². The van der Waals surface area contributed by atoms with Gasteiger partial charge in [0, 0.05) is 13.6 Å². The summed E-state index contributed by atoms with van der Waals surface area (Å²) in [4.78, 5) is 10.5. The molecule has 0 saturated heterocycles. The molecule has 0 aliphatic heterocycles. The molecule has 0 unspecified atom stereocenters. The molecule has 0 aromatic carbocycles. The van der Waals surface area contributed by atoms with Crippen molar-refractivity contribution < 1.29 is 17.9 Å². The summed E-state index contributed by atoms with van der Waals surface area (Å²) >= 11 is 0. The number of hydrogen-bond acceptors (Lipinski definition) is 4. The number of ether oxygens (including phenoxy) is 1. The van der Waals surface area contributed by atoms with Gasteiger partial charge in [-0.15, -0.1) is 0 Å². The van der Waals surface area contributed by atoms with Crippen LogP contribution in [0.2, 0.25) is 0 Å². The monoisotopic (exact) mass is 210 g/mol. The Morgan fingerprint density at radius 1 is 1.46 bits per heavy atom. The van der Waals surface area contributed by atoms with Crippen molar-refractivity contribution in [2.45, 2.75) is 6.92 Å². The fourth-order valence-corrected chi connectivity index (χ4v) is 1.11. The summed E-state index contributed by atoms with van der Waals surface area (Å²) in [6, 6.07) is 0. The molecule has 0 fully saturated rings. The molecule has 0 radical (unpaired) electrons. The maximum absolute atomic E-state index is 10.8. The maximum atomic E-state index is 10.8. The van der Waals surface area contributed by atoms with Crippen molar-refractivity contribution in [2.24, 2.45) is 0 Å². The second-order valence-corrected chi connectivity index (χ2v) is 4.28. The molecule has 0 aliphatic rings. The highest BCUT2D eigenvalue weighted by Gasteiger charge is 2.05. The lowest BCUT2D eigenvalue weighted by molar-refractivity contribution is 0.150. The molecule has 0 aromatic heterocycles. The average molecular weight is 210 g/mol. The zero-order valence-electron chi connectivity index (χ0n) is 7.66. The molecule has 0 bridgehead atoms. The average Bonchev–Trinajstić information content (AvgIpc) is 2.12. The van der Waals surface area contributed by atoms with Crippen molar-refractivity contribution in [3.63, 3.8) is 0 Å². The van der Waals surface area contributed by atoms with Crippen LogP contribution in [-0.2, 0) is 14.8 Å². The van der Waals surface area contributed by atoms with E-state index in [4.69, 9.17) is 0 Å². The fraction of sp³-hybridized carbons (Fsp3) is 0.833. The Labute approximate surface area is 77.7 Å². The Morgan fingerprint density at radius 2 is 2.08 bits per heavy atom. The summed E-state index contributed by atoms with van der Waals surface area (Å²) in [5.41, 5.74) is 0. The lowest BCUT2D eigenvalue weighted by Crippen LogP contribution is -2.30. The molecule has 6 nitrogen and oxygen atoms in total. The van der Waals surface area contributed by atoms with Gasteiger partial charge in [0.25, 0.3) is 0 Å². The Bertz CT molecular complexity index is 249. The standard InChI is InChI=1S/C6H14N2O4S/c1-3-13(10,11)8-4-5-12-6(9)7-2/h8H,3-5H2,1-2H3,(H,7,9). The molecule has 78 valence electrons. The van der Waals surface area contributed by atoms with E-state index in [1.165, 1.54) is 14.0 Å². The minimum atomic E-state index is -3.19. The lowest BCUT2D eigenvalue weighted by Gasteiger charge is -2.05. The molecular weight excluding hydrogens is 196 g/mol. The highest BCUT2D eigenvalue weighted by Crippen LogP contribution is 1.81. The second kappa shape index (κ2) is 5.76. The summed E-state index contributed by atoms with van der Waals surface area (Å²) in [5, 5.41) is 2.24. The number of alkyl carbamates (subject to hydrolysis) is 1. The third kappa shape index (κ3) is 6.35. The number of carbonyl (C=O) groups excluding carboxylic acids is 1. The molecular formula is C6H14N2O4S. The molecule has 7 heteroatoms. The topological polar surface area (TPSA) is 84.5 Å². The first-order valence-electron chi connectivity index (χ1n) is 3.83. The first-order valence-corrected chi connectivity index (χ1v) is 5.49. The third-order valence-electron chi connectivity index (χ3n) is 1.24. The first kappa shape index (κ1) is 12.2. The van der Waals surface area contributed by atoms with Gasteiger partial charge in [-0.1, -0.05) is 0 Å². The van der Waals surface area contributed by atoms with Crippen molar-refractivity contribution in [1.82, 2.24) is 10.0 Å². The maximum Gasteiger partial charge on any atom is 0.406 e. The Kier molecular flexibility index (Phi) is 5.40. The largest absolute Gasteiger partial charge is 0.448 e. The minimum absolute atomic E-state index is 0.0208. The van der Waals surface area contributed by atoms with E-state index in [9.17, 15) is 13.2 Å². The van der Waals surface area contributed by atoms with E-state index in [0.29, 0.717) is 0 Å². The molecule has 1 amide bonds. The van der Waals surface area contributed by atoms with Crippen molar-refractivity contribution in [3.8, 4) is 0 Å². The van der Waals surface area contributed by atoms with E-state index in [-0.39, 0.29) is 18.9 Å². The Balaban J connectivity index is 3.52. The molecule has 13 heavy (non-hydrogen) atoms. The quantitative estimate of drug-likeness (QED) is 0.587. The van der Waals surface area contributed by atoms with E-state index in [1.54, 1.807) is 0 Å². The van der Waals surface area contributed by atoms with Crippen LogP contribution in [0.1, 0.15) is 6.92 Å². The summed E-state index contributed by atoms with van der Waals surface area (Å²) < 4.78 is 28.5. The zero-order valence-corrected chi connectivity index (χ0v) is 8.48. The fourth-order valence-electron chi connectivity index (χ4n) is 0.515. The molecule has 0 atom stereocenters. The van der Waals surface area contributed by atoms with Gasteiger partial charge in [0.1, 0.15) is 6.61 Å². The van der Waals surface area contributed by atoms with E-state index < -0.39 is 16.1 Å². The molecule has 0 spiro atoms. The van der Waals surface area contributed by atoms with Crippen molar-refractivity contribution in [2.75, 3.05) is 26.0 Å². The summed E-state index contributed by atoms with van der Waals surface area (Å²) in [6.45, 7) is 1.66. The van der Waals surface area contributed by atoms with E-state index >= 15 is 0 Å². The number of amides is 1. The van der Waals surface area contributed by atoms with Crippen LogP contribution >= 0.6 is 0 Å². The van der Waals surface area contributed by atoms with Gasteiger partial charge < -0.3 is 10.1 Å². The van der Waals surface area contributed by atoms with Gasteiger partial charge in [0.2, 0.25) is 10.0 Å². The van der Waals surface area contributed by atoms with Crippen LogP contribution in [-0.4, -0.2) is 40.5 Å². The highest BCUT2D eigenvalue weighted by molar-refractivity contribution is 7.89. The van der Waals surface area contributed by atoms with Gasteiger partial charge >= 0.3 is 6.09 Å². The number of nitrogens with one attached hydrogen (secondary N) is 2. The number of rotatable bonds is 5. The zero-order chi connectivity index (χ0) is 10.3. The first-order chi connectivity index (χ1) is 6.02. The number of hydrogen-bond donors (Lipinski definition) is 2. The van der Waals surface area contributed by atoms with Crippen molar-refractivity contribution in [1.29, 1.82) is 0 Å². The molecule has 0 aliphatic carbocycles. The second-order valence-electron chi connectivity index (χ2n) is 2.18. The van der Waals surface area contributed by atoms with Gasteiger partial charge in [0.05, 0.1) is 5.75 Å². The highest BCUT2D eigenvalue weighted by atomic mass is 32.2. The summed E-state index contributed by atoms with van der Waals surface area (Å²) in [5.74, 6) is 0.0208. The van der Waals surface area contributed by atoms with Gasteiger partial charge in [-0.25, -0.2) is 17.9 Å². The Hall–Kier alpha value is -0.820. The molecule has 0 saturated carbocycles. The number of sulfonamides is 1. The predicted molar refractivity (Wildman–Crippen MR) is 47.9 cm³/mol. The van der Waals surface area contributed by atoms with Crippen molar-refractivity contribution in [3.05, 3.63) is 0 Å². The smallest absolute Gasteiger partial charge is 0.406 e. The van der Waals surface area contributed by atoms with Crippen LogP contribution in [0.5, 0.6) is 0 Å². The van der Waals surface area contributed by atoms with Gasteiger partial charge in [0.15, 0.2) is 0 Å². The van der Waals surface area contributed by atoms with E-state index in [0.717, 1.165) is 0 Å². The molecule has 0 aromatic rings. The SMILES string of the molecule is CCS(=O)(=O)NCCOC(=O)NC. The van der Waals surface area contributed by atoms with Gasteiger partial charge in [-0.2, -0.15) is 0 Å². The van der Waals surface area contributed by atoms with Crippen LogP contribution in [0, 0.1) is 0 Å². The van der Waals surface area contributed by atoms with Gasteiger partial charge in [-0.05, 0) is 6.92 Å². The van der Waals surface area contributed by atoms with Crippen LogP contribution < -0.4 is 10.0 Å². The van der Waals surface area contributed by atoms with Crippen LogP contribution in [0.3, 0.4) is 0 Å². The molecule has 0 rings (SSSR count). The van der Waals surface area contributed by atoms with Gasteiger partial charge in [-0.3, -0.25) is 0 Å². The Morgan fingerprint density at radius 3 is 2.54 bits per heavy atom. The van der Waals surface area contributed by atoms with Crippen LogP contribution in [0.25, 0.3) is 0 Å². The van der Waals surface area contributed by atoms with Crippen LogP contribution in [0.15, 0.2) is 0 Å². The van der Waals surface area contributed by atoms with Crippen LogP contribution in [0.4, 0.5) is 4.79 Å². The summed E-state index contributed by atoms with van der Waals surface area (Å²) in [6.07, 6.45) is -0.573. The molecule has 0 heterocycles. The van der Waals surface area contributed by atoms with E-state index in [1.807, 2.05) is 0 Å². The third-order valence-corrected chi connectivity index (χ3v) is 2.65. The predicted octanol–water partition coefficient (Wildman–Crippen LogP) is -0.718. The lowest BCUT2D eigenvalue weighted by atomic mass is 10.7. The van der Waals surface area contributed by atoms with E-state index in [2.05, 4.69) is 14.8 Å². The number of carbonyl (C=O) groups is 1. The minimum Gasteiger partial charge on any atom is -0.448 e.